The Bertz CT molecular complexity index is 1490. The summed E-state index contributed by atoms with van der Waals surface area (Å²) in [7, 11) is 0. The molecule has 20 heteroatoms. The Morgan fingerprint density at radius 1 is 0.683 bits per heavy atom. The number of unbranched alkanes of at least 4 members (excludes halogenated alkanes) is 1. The van der Waals surface area contributed by atoms with Crippen LogP contribution in [0.1, 0.15) is 113 Å². The second-order valence-corrected chi connectivity index (χ2v) is 17.1. The number of nitrogens with zero attached hydrogens (tertiary/aromatic N) is 1. The molecule has 60 heavy (non-hydrogen) atoms. The SMILES string of the molecule is CC(C)C[C@H](NC(=O)CNC(=O)[C@@H](NC(=O)[C@@H](N)CCC(N)=O)C(C)C)C(=O)N[C@@H](CCCCN)C(=O)N1CCC[C@H]1C(=O)N[C@@H](CC(C)C)C(=O)N[C@H](C(=O)O)C(C)C. The summed E-state index contributed by atoms with van der Waals surface area (Å²) >= 11 is 0. The van der Waals surface area contributed by atoms with Crippen molar-refractivity contribution in [1.82, 2.24) is 36.8 Å². The predicted molar refractivity (Wildman–Crippen MR) is 223 cm³/mol. The van der Waals surface area contributed by atoms with Gasteiger partial charge in [-0.25, -0.2) is 4.79 Å². The standard InChI is InChI=1S/C40H72N10O10/c1-21(2)18-27(45-31(52)20-44-38(57)32(23(5)6)48-34(53)25(42)14-15-30(43)51)35(54)46-26(12-9-10-16-41)39(58)50-17-11-13-29(50)37(56)47-28(19-22(3)4)36(55)49-33(24(7)8)40(59)60/h21-29,32-33H,9-20,41-42H2,1-8H3,(H2,43,51)(H,44,57)(H,45,52)(H,46,54)(H,47,56)(H,48,53)(H,49,55)(H,59,60)/t25-,26-,27-,28-,29-,32-,33-/m0/s1. The van der Waals surface area contributed by atoms with Crippen molar-refractivity contribution in [3.05, 3.63) is 0 Å². The second-order valence-electron chi connectivity index (χ2n) is 17.1. The van der Waals surface area contributed by atoms with Crippen LogP contribution in [0, 0.1) is 23.7 Å². The smallest absolute Gasteiger partial charge is 0.326 e. The van der Waals surface area contributed by atoms with Gasteiger partial charge in [-0.1, -0.05) is 55.4 Å². The number of nitrogens with two attached hydrogens (primary N) is 3. The van der Waals surface area contributed by atoms with Gasteiger partial charge < -0.3 is 59.1 Å². The van der Waals surface area contributed by atoms with Gasteiger partial charge in [0.1, 0.15) is 36.3 Å². The molecule has 13 N–H and O–H groups in total. The molecule has 0 aromatic carbocycles. The molecule has 0 radical (unpaired) electrons. The van der Waals surface area contributed by atoms with Gasteiger partial charge >= 0.3 is 5.97 Å². The highest BCUT2D eigenvalue weighted by atomic mass is 16.4. The average Bonchev–Trinajstić information content (AvgIpc) is 3.65. The number of nitrogens with one attached hydrogen (secondary N) is 6. The molecule has 1 saturated heterocycles. The molecule has 20 nitrogen and oxygen atoms in total. The molecule has 7 atom stereocenters. The maximum atomic E-state index is 14.2. The summed E-state index contributed by atoms with van der Waals surface area (Å²) in [5, 5.41) is 25.3. The molecule has 0 aliphatic carbocycles. The Kier molecular flexibility index (Phi) is 23.4. The lowest BCUT2D eigenvalue weighted by molar-refractivity contribution is -0.144. The van der Waals surface area contributed by atoms with Gasteiger partial charge in [0.05, 0.1) is 12.6 Å². The van der Waals surface area contributed by atoms with E-state index >= 15 is 0 Å². The van der Waals surface area contributed by atoms with Crippen LogP contribution < -0.4 is 49.1 Å². The van der Waals surface area contributed by atoms with Crippen LogP contribution in [0.5, 0.6) is 0 Å². The summed E-state index contributed by atoms with van der Waals surface area (Å²) < 4.78 is 0. The fraction of sp³-hybridized carbons (Fsp3) is 0.775. The van der Waals surface area contributed by atoms with E-state index in [4.69, 9.17) is 17.2 Å². The molecule has 8 amide bonds. The number of carboxylic acid groups (broad SMARTS) is 1. The lowest BCUT2D eigenvalue weighted by Gasteiger charge is -2.31. The fourth-order valence-corrected chi connectivity index (χ4v) is 6.71. The number of primary amides is 1. The van der Waals surface area contributed by atoms with Crippen molar-refractivity contribution in [2.45, 2.75) is 155 Å². The zero-order valence-electron chi connectivity index (χ0n) is 36.6. The molecule has 0 aromatic heterocycles. The third kappa shape index (κ3) is 18.6. The number of carbonyl (C=O) groups excluding carboxylic acids is 8. The van der Waals surface area contributed by atoms with Crippen LogP contribution in [0.4, 0.5) is 0 Å². The summed E-state index contributed by atoms with van der Waals surface area (Å²) in [6.45, 7) is 14.1. The number of hydrogen-bond acceptors (Lipinski definition) is 11. The summed E-state index contributed by atoms with van der Waals surface area (Å²) in [6.07, 6.45) is 2.23. The van der Waals surface area contributed by atoms with Crippen LogP contribution in [-0.4, -0.2) is 125 Å². The van der Waals surface area contributed by atoms with Crippen LogP contribution in [0.2, 0.25) is 0 Å². The Morgan fingerprint density at radius 3 is 1.75 bits per heavy atom. The van der Waals surface area contributed by atoms with E-state index in [0.29, 0.717) is 32.2 Å². The van der Waals surface area contributed by atoms with Gasteiger partial charge in [-0.2, -0.15) is 0 Å². The normalized spacial score (nSPS) is 17.0. The topological polar surface area (TPSA) is 327 Å². The third-order valence-corrected chi connectivity index (χ3v) is 10.0. The summed E-state index contributed by atoms with van der Waals surface area (Å²) in [6, 6.07) is -7.55. The maximum Gasteiger partial charge on any atom is 0.326 e. The van der Waals surface area contributed by atoms with Gasteiger partial charge in [-0.05, 0) is 81.6 Å². The van der Waals surface area contributed by atoms with Crippen LogP contribution >= 0.6 is 0 Å². The number of hydrogen-bond donors (Lipinski definition) is 10. The molecular weight excluding hydrogens is 780 g/mol. The van der Waals surface area contributed by atoms with Crippen molar-refractivity contribution in [1.29, 1.82) is 0 Å². The van der Waals surface area contributed by atoms with Crippen molar-refractivity contribution in [2.24, 2.45) is 40.9 Å². The molecule has 1 aliphatic heterocycles. The molecule has 0 unspecified atom stereocenters. The first-order valence-corrected chi connectivity index (χ1v) is 21.1. The van der Waals surface area contributed by atoms with Gasteiger partial charge in [0.15, 0.2) is 0 Å². The molecular formula is C40H72N10O10. The first-order chi connectivity index (χ1) is 28.0. The van der Waals surface area contributed by atoms with Crippen molar-refractivity contribution in [3.63, 3.8) is 0 Å². The minimum Gasteiger partial charge on any atom is -0.480 e. The van der Waals surface area contributed by atoms with Crippen LogP contribution in [0.15, 0.2) is 0 Å². The molecule has 1 heterocycles. The Balaban J connectivity index is 3.16. The summed E-state index contributed by atoms with van der Waals surface area (Å²) in [5.41, 5.74) is 16.7. The number of carbonyl (C=O) groups is 9. The molecule has 0 saturated carbocycles. The van der Waals surface area contributed by atoms with E-state index in [1.807, 2.05) is 27.7 Å². The quantitative estimate of drug-likeness (QED) is 0.0433. The van der Waals surface area contributed by atoms with E-state index in [9.17, 15) is 48.3 Å². The van der Waals surface area contributed by atoms with Gasteiger partial charge in [0.2, 0.25) is 47.3 Å². The van der Waals surface area contributed by atoms with Crippen molar-refractivity contribution in [2.75, 3.05) is 19.6 Å². The molecule has 1 rings (SSSR count). The fourth-order valence-electron chi connectivity index (χ4n) is 6.71. The minimum absolute atomic E-state index is 0.0156. The number of likely N-dealkylation sites (tertiary alicyclic amines) is 1. The minimum atomic E-state index is -1.20. The monoisotopic (exact) mass is 853 g/mol. The molecule has 0 spiro atoms. The average molecular weight is 853 g/mol. The highest BCUT2D eigenvalue weighted by Crippen LogP contribution is 2.21. The first-order valence-electron chi connectivity index (χ1n) is 21.1. The molecule has 0 aromatic rings. The molecule has 342 valence electrons. The van der Waals surface area contributed by atoms with E-state index in [-0.39, 0.29) is 50.5 Å². The number of carboxylic acids is 1. The first kappa shape index (κ1) is 53.2. The number of aliphatic carboxylic acids is 1. The molecule has 1 fully saturated rings. The maximum absolute atomic E-state index is 14.2. The number of rotatable bonds is 27. The Morgan fingerprint density at radius 2 is 1.23 bits per heavy atom. The second kappa shape index (κ2) is 26.4. The van der Waals surface area contributed by atoms with E-state index in [1.165, 1.54) is 4.90 Å². The van der Waals surface area contributed by atoms with E-state index in [1.54, 1.807) is 27.7 Å². The molecule has 0 bridgehead atoms. The van der Waals surface area contributed by atoms with Crippen LogP contribution in [0.25, 0.3) is 0 Å². The van der Waals surface area contributed by atoms with Crippen LogP contribution in [-0.2, 0) is 43.2 Å². The third-order valence-electron chi connectivity index (χ3n) is 10.0. The highest BCUT2D eigenvalue weighted by molar-refractivity contribution is 5.97. The lowest BCUT2D eigenvalue weighted by atomic mass is 10.00. The van der Waals surface area contributed by atoms with E-state index < -0.39 is 114 Å². The summed E-state index contributed by atoms with van der Waals surface area (Å²) in [5.74, 6) is -7.24. The van der Waals surface area contributed by atoms with Crippen molar-refractivity contribution < 1.29 is 48.3 Å². The zero-order chi connectivity index (χ0) is 45.9. The predicted octanol–water partition coefficient (Wildman–Crippen LogP) is -1.27. The lowest BCUT2D eigenvalue weighted by Crippen LogP contribution is -2.59. The van der Waals surface area contributed by atoms with Gasteiger partial charge in [0.25, 0.3) is 0 Å². The Hall–Kier alpha value is -4.85. The van der Waals surface area contributed by atoms with Crippen molar-refractivity contribution in [3.8, 4) is 0 Å². The highest BCUT2D eigenvalue weighted by Gasteiger charge is 2.40. The Labute approximate surface area is 353 Å². The molecule has 1 aliphatic rings. The van der Waals surface area contributed by atoms with Crippen LogP contribution in [0.3, 0.4) is 0 Å². The largest absolute Gasteiger partial charge is 0.480 e. The zero-order valence-corrected chi connectivity index (χ0v) is 36.6. The van der Waals surface area contributed by atoms with Gasteiger partial charge in [-0.15, -0.1) is 0 Å². The van der Waals surface area contributed by atoms with Crippen molar-refractivity contribution >= 4 is 53.2 Å². The van der Waals surface area contributed by atoms with E-state index in [0.717, 1.165) is 0 Å². The van der Waals surface area contributed by atoms with E-state index in [2.05, 4.69) is 31.9 Å². The van der Waals surface area contributed by atoms with Gasteiger partial charge in [0, 0.05) is 13.0 Å². The summed E-state index contributed by atoms with van der Waals surface area (Å²) in [4.78, 5) is 118. The van der Waals surface area contributed by atoms with Gasteiger partial charge in [-0.3, -0.25) is 38.4 Å². The number of amides is 8.